The molecular formula is C16H17BrN2S. The van der Waals surface area contributed by atoms with Crippen LogP contribution in [0.1, 0.15) is 10.4 Å². The van der Waals surface area contributed by atoms with E-state index in [-0.39, 0.29) is 0 Å². The first kappa shape index (κ1) is 13.9. The van der Waals surface area contributed by atoms with Crippen LogP contribution < -0.4 is 5.32 Å². The van der Waals surface area contributed by atoms with Crippen molar-refractivity contribution in [2.24, 2.45) is 0 Å². The minimum Gasteiger partial charge on any atom is -0.346 e. The van der Waals surface area contributed by atoms with Crippen molar-refractivity contribution >= 4 is 38.2 Å². The topological polar surface area (TPSA) is 17.0 Å². The summed E-state index contributed by atoms with van der Waals surface area (Å²) in [7, 11) is 0. The summed E-state index contributed by atoms with van der Waals surface area (Å²) < 4.78 is 3.46. The molecule has 0 amide bonds. The van der Waals surface area contributed by atoms with Gasteiger partial charge in [0, 0.05) is 46.1 Å². The Bertz CT molecular complexity index is 714. The summed E-state index contributed by atoms with van der Waals surface area (Å²) >= 11 is 5.43. The fourth-order valence-electron chi connectivity index (χ4n) is 2.37. The third-order valence-electron chi connectivity index (χ3n) is 3.54. The maximum atomic E-state index is 3.60. The van der Waals surface area contributed by atoms with E-state index in [1.807, 2.05) is 11.3 Å². The van der Waals surface area contributed by atoms with E-state index < -0.39 is 0 Å². The van der Waals surface area contributed by atoms with E-state index in [9.17, 15) is 0 Å². The lowest BCUT2D eigenvalue weighted by atomic mass is 10.2. The van der Waals surface area contributed by atoms with Crippen LogP contribution in [0.5, 0.6) is 0 Å². The van der Waals surface area contributed by atoms with Crippen molar-refractivity contribution in [3.63, 3.8) is 0 Å². The number of rotatable bonds is 5. The number of nitrogens with zero attached hydrogens (tertiary/aromatic N) is 1. The zero-order valence-electron chi connectivity index (χ0n) is 11.4. The normalized spacial score (nSPS) is 11.3. The third kappa shape index (κ3) is 2.82. The second-order valence-electron chi connectivity index (χ2n) is 4.89. The predicted octanol–water partition coefficient (Wildman–Crippen LogP) is 4.56. The fourth-order valence-corrected chi connectivity index (χ4v) is 3.73. The van der Waals surface area contributed by atoms with Gasteiger partial charge in [0.1, 0.15) is 0 Å². The molecule has 0 unspecified atom stereocenters. The molecule has 2 heterocycles. The Labute approximate surface area is 131 Å². The maximum Gasteiger partial charge on any atom is 0.0492 e. The zero-order valence-corrected chi connectivity index (χ0v) is 13.8. The van der Waals surface area contributed by atoms with Gasteiger partial charge < -0.3 is 9.88 Å². The molecule has 0 saturated heterocycles. The highest BCUT2D eigenvalue weighted by Crippen LogP contribution is 2.24. The smallest absolute Gasteiger partial charge is 0.0492 e. The van der Waals surface area contributed by atoms with Crippen LogP contribution in [0.25, 0.3) is 10.9 Å². The molecule has 3 aromatic rings. The van der Waals surface area contributed by atoms with Gasteiger partial charge in [-0.3, -0.25) is 0 Å². The summed E-state index contributed by atoms with van der Waals surface area (Å²) in [6.45, 7) is 5.11. The number of fused-ring (bicyclic) bond motifs is 1. The van der Waals surface area contributed by atoms with Gasteiger partial charge in [0.15, 0.2) is 0 Å². The van der Waals surface area contributed by atoms with Crippen LogP contribution in [0, 0.1) is 6.92 Å². The number of benzene rings is 1. The Morgan fingerprint density at radius 3 is 2.95 bits per heavy atom. The molecule has 1 N–H and O–H groups in total. The lowest BCUT2D eigenvalue weighted by Crippen LogP contribution is -2.19. The number of aromatic nitrogens is 1. The van der Waals surface area contributed by atoms with Gasteiger partial charge in [-0.15, -0.1) is 11.3 Å². The van der Waals surface area contributed by atoms with Gasteiger partial charge in [-0.1, -0.05) is 22.0 Å². The lowest BCUT2D eigenvalue weighted by Gasteiger charge is -2.07. The minimum atomic E-state index is 0.965. The van der Waals surface area contributed by atoms with Crippen LogP contribution in [0.2, 0.25) is 0 Å². The molecule has 1 aromatic carbocycles. The summed E-state index contributed by atoms with van der Waals surface area (Å²) in [5, 5.41) is 6.96. The summed E-state index contributed by atoms with van der Waals surface area (Å²) in [4.78, 5) is 1.44. The molecule has 0 saturated carbocycles. The zero-order chi connectivity index (χ0) is 13.9. The van der Waals surface area contributed by atoms with Crippen LogP contribution in [0.15, 0.2) is 46.4 Å². The molecule has 0 radical (unpaired) electrons. The number of hydrogen-bond donors (Lipinski definition) is 1. The lowest BCUT2D eigenvalue weighted by molar-refractivity contribution is 0.612. The number of nitrogens with one attached hydrogen (secondary N) is 1. The number of hydrogen-bond acceptors (Lipinski definition) is 2. The Morgan fingerprint density at radius 1 is 1.25 bits per heavy atom. The summed E-state index contributed by atoms with van der Waals surface area (Å²) in [6, 6.07) is 10.7. The molecule has 20 heavy (non-hydrogen) atoms. The fraction of sp³-hybridized carbons (Fsp3) is 0.250. The van der Waals surface area contributed by atoms with Crippen molar-refractivity contribution in [3.05, 3.63) is 56.8 Å². The largest absolute Gasteiger partial charge is 0.346 e. The van der Waals surface area contributed by atoms with Crippen molar-refractivity contribution in [2.45, 2.75) is 20.0 Å². The third-order valence-corrected chi connectivity index (χ3v) is 5.26. The molecule has 0 aliphatic heterocycles. The Morgan fingerprint density at radius 2 is 2.15 bits per heavy atom. The second-order valence-corrected chi connectivity index (χ2v) is 6.74. The molecule has 0 spiro atoms. The van der Waals surface area contributed by atoms with Gasteiger partial charge in [0.25, 0.3) is 0 Å². The molecule has 0 fully saturated rings. The number of aryl methyl sites for hydroxylation is 1. The average molecular weight is 349 g/mol. The van der Waals surface area contributed by atoms with Crippen LogP contribution >= 0.6 is 27.3 Å². The highest BCUT2D eigenvalue weighted by molar-refractivity contribution is 9.10. The standard InChI is InChI=1S/C16H17BrN2S/c1-12-6-10-20-16(12)11-18-7-9-19-8-5-13-14(17)3-2-4-15(13)19/h2-6,8,10,18H,7,9,11H2,1H3. The molecule has 0 aliphatic rings. The summed E-state index contributed by atoms with van der Waals surface area (Å²) in [5.74, 6) is 0. The summed E-state index contributed by atoms with van der Waals surface area (Å²) in [6.07, 6.45) is 2.16. The molecule has 0 aliphatic carbocycles. The minimum absolute atomic E-state index is 0.965. The van der Waals surface area contributed by atoms with E-state index in [0.717, 1.165) is 24.1 Å². The van der Waals surface area contributed by atoms with E-state index in [1.54, 1.807) is 0 Å². The van der Waals surface area contributed by atoms with Gasteiger partial charge in [0.2, 0.25) is 0 Å². The van der Waals surface area contributed by atoms with Gasteiger partial charge in [-0.05, 0) is 42.1 Å². The molecule has 2 aromatic heterocycles. The van der Waals surface area contributed by atoms with Crippen molar-refractivity contribution in [2.75, 3.05) is 6.54 Å². The van der Waals surface area contributed by atoms with Gasteiger partial charge in [0.05, 0.1) is 0 Å². The number of halogens is 1. The van der Waals surface area contributed by atoms with Crippen LogP contribution in [0.4, 0.5) is 0 Å². The van der Waals surface area contributed by atoms with Gasteiger partial charge >= 0.3 is 0 Å². The first-order valence-corrected chi connectivity index (χ1v) is 8.40. The first-order chi connectivity index (χ1) is 9.75. The summed E-state index contributed by atoms with van der Waals surface area (Å²) in [5.41, 5.74) is 2.67. The predicted molar refractivity (Wildman–Crippen MR) is 90.4 cm³/mol. The van der Waals surface area contributed by atoms with Crippen LogP contribution in [-0.2, 0) is 13.1 Å². The Kier molecular flexibility index (Phi) is 4.24. The van der Waals surface area contributed by atoms with Crippen molar-refractivity contribution in [3.8, 4) is 0 Å². The van der Waals surface area contributed by atoms with Crippen LogP contribution in [-0.4, -0.2) is 11.1 Å². The molecule has 3 rings (SSSR count). The van der Waals surface area contributed by atoms with Gasteiger partial charge in [-0.2, -0.15) is 0 Å². The van der Waals surface area contributed by atoms with E-state index >= 15 is 0 Å². The molecule has 4 heteroatoms. The van der Waals surface area contributed by atoms with E-state index in [0.29, 0.717) is 0 Å². The number of thiophene rings is 1. The van der Waals surface area contributed by atoms with E-state index in [2.05, 4.69) is 74.6 Å². The second kappa shape index (κ2) is 6.12. The molecule has 0 atom stereocenters. The van der Waals surface area contributed by atoms with Crippen molar-refractivity contribution < 1.29 is 0 Å². The first-order valence-electron chi connectivity index (χ1n) is 6.73. The Balaban J connectivity index is 1.60. The maximum absolute atomic E-state index is 3.60. The average Bonchev–Trinajstić information content (AvgIpc) is 3.03. The Hall–Kier alpha value is -1.10. The van der Waals surface area contributed by atoms with Gasteiger partial charge in [-0.25, -0.2) is 0 Å². The highest BCUT2D eigenvalue weighted by Gasteiger charge is 2.03. The molecule has 104 valence electrons. The van der Waals surface area contributed by atoms with Crippen LogP contribution in [0.3, 0.4) is 0 Å². The van der Waals surface area contributed by atoms with Crippen molar-refractivity contribution in [1.82, 2.24) is 9.88 Å². The van der Waals surface area contributed by atoms with E-state index in [4.69, 9.17) is 0 Å². The quantitative estimate of drug-likeness (QED) is 0.668. The molecule has 0 bridgehead atoms. The monoisotopic (exact) mass is 348 g/mol. The SMILES string of the molecule is Cc1ccsc1CNCCn1ccc2c(Br)cccc21. The molecular weight excluding hydrogens is 332 g/mol. The van der Waals surface area contributed by atoms with E-state index in [1.165, 1.54) is 21.3 Å². The van der Waals surface area contributed by atoms with Crippen molar-refractivity contribution in [1.29, 1.82) is 0 Å². The highest BCUT2D eigenvalue weighted by atomic mass is 79.9. The molecule has 2 nitrogen and oxygen atoms in total.